The first kappa shape index (κ1) is 16.4. The molecule has 116 valence electrons. The Morgan fingerprint density at radius 2 is 2.19 bits per heavy atom. The number of amides is 1. The number of hydrogen-bond acceptors (Lipinski definition) is 1. The van der Waals surface area contributed by atoms with Crippen molar-refractivity contribution in [3.05, 3.63) is 34.9 Å². The van der Waals surface area contributed by atoms with Crippen LogP contribution < -0.4 is 5.32 Å². The molecular formula is C18H26ClNO. The number of nitrogens with one attached hydrogen (secondary N) is 1. The number of halogens is 1. The lowest BCUT2D eigenvalue weighted by molar-refractivity contribution is -0.122. The Balaban J connectivity index is 2.04. The van der Waals surface area contributed by atoms with E-state index in [0.29, 0.717) is 18.2 Å². The highest BCUT2D eigenvalue weighted by Crippen LogP contribution is 2.33. The first-order valence-electron chi connectivity index (χ1n) is 7.87. The van der Waals surface area contributed by atoms with Crippen molar-refractivity contribution in [2.24, 2.45) is 5.92 Å². The van der Waals surface area contributed by atoms with Crippen LogP contribution in [0.1, 0.15) is 49.3 Å². The maximum absolute atomic E-state index is 12.4. The van der Waals surface area contributed by atoms with E-state index in [1.54, 1.807) is 0 Å². The van der Waals surface area contributed by atoms with Crippen LogP contribution in [0.15, 0.2) is 18.2 Å². The highest BCUT2D eigenvalue weighted by atomic mass is 35.5. The van der Waals surface area contributed by atoms with E-state index >= 15 is 0 Å². The molecule has 0 bridgehead atoms. The summed E-state index contributed by atoms with van der Waals surface area (Å²) in [5, 5.41) is 3.24. The van der Waals surface area contributed by atoms with Crippen molar-refractivity contribution in [3.8, 4) is 0 Å². The van der Waals surface area contributed by atoms with Gasteiger partial charge < -0.3 is 5.32 Å². The molecule has 3 heteroatoms. The lowest BCUT2D eigenvalue weighted by Gasteiger charge is -2.39. The molecule has 0 spiro atoms. The molecule has 0 aliphatic heterocycles. The van der Waals surface area contributed by atoms with E-state index in [1.165, 1.54) is 17.5 Å². The van der Waals surface area contributed by atoms with Crippen LogP contribution in [0.2, 0.25) is 0 Å². The van der Waals surface area contributed by atoms with Gasteiger partial charge in [-0.05, 0) is 43.7 Å². The Morgan fingerprint density at radius 1 is 1.43 bits per heavy atom. The second-order valence-electron chi connectivity index (χ2n) is 6.77. The molecule has 1 N–H and O–H groups in total. The Hall–Kier alpha value is -1.02. The minimum atomic E-state index is -0.200. The van der Waals surface area contributed by atoms with Crippen LogP contribution in [0.4, 0.5) is 0 Å². The fourth-order valence-corrected chi connectivity index (χ4v) is 3.74. The molecule has 2 unspecified atom stereocenters. The highest BCUT2D eigenvalue weighted by Gasteiger charge is 2.35. The second-order valence-corrected chi connectivity index (χ2v) is 7.04. The summed E-state index contributed by atoms with van der Waals surface area (Å²) in [5.74, 6) is 1.24. The molecule has 1 aromatic carbocycles. The molecule has 0 heterocycles. The van der Waals surface area contributed by atoms with Crippen molar-refractivity contribution in [1.82, 2.24) is 5.32 Å². The lowest BCUT2D eigenvalue weighted by Crippen LogP contribution is -2.53. The molecule has 0 aromatic heterocycles. The molecule has 21 heavy (non-hydrogen) atoms. The standard InChI is InChI=1S/C18H26ClNO/c1-13-6-7-15(3)16(9-13)10-17(21)20-18(12-19)8-4-5-14(2)11-18/h6-7,9,14H,4-5,8,10-12H2,1-3H3,(H,20,21). The first-order chi connectivity index (χ1) is 9.94. The third-order valence-corrected chi connectivity index (χ3v) is 5.12. The molecule has 1 aliphatic rings. The Bertz CT molecular complexity index is 514. The van der Waals surface area contributed by atoms with Crippen LogP contribution in [-0.2, 0) is 11.2 Å². The maximum atomic E-state index is 12.4. The number of alkyl halides is 1. The maximum Gasteiger partial charge on any atom is 0.224 e. The molecule has 2 rings (SSSR count). The van der Waals surface area contributed by atoms with Gasteiger partial charge in [-0.1, -0.05) is 43.5 Å². The average Bonchev–Trinajstić information content (AvgIpc) is 2.43. The minimum absolute atomic E-state index is 0.0958. The van der Waals surface area contributed by atoms with E-state index in [1.807, 2.05) is 0 Å². The summed E-state index contributed by atoms with van der Waals surface area (Å²) in [6.45, 7) is 6.36. The van der Waals surface area contributed by atoms with Crippen molar-refractivity contribution in [1.29, 1.82) is 0 Å². The molecule has 1 fully saturated rings. The monoisotopic (exact) mass is 307 g/mol. The normalized spacial score (nSPS) is 25.6. The number of aryl methyl sites for hydroxylation is 2. The van der Waals surface area contributed by atoms with Crippen molar-refractivity contribution in [3.63, 3.8) is 0 Å². The Labute approximate surface area is 133 Å². The van der Waals surface area contributed by atoms with Crippen molar-refractivity contribution < 1.29 is 4.79 Å². The lowest BCUT2D eigenvalue weighted by atomic mass is 9.77. The van der Waals surface area contributed by atoms with E-state index in [0.717, 1.165) is 24.8 Å². The number of rotatable bonds is 4. The van der Waals surface area contributed by atoms with Gasteiger partial charge in [0, 0.05) is 5.88 Å². The molecule has 0 saturated heterocycles. The second kappa shape index (κ2) is 6.83. The zero-order valence-electron chi connectivity index (χ0n) is 13.3. The molecule has 1 saturated carbocycles. The molecule has 2 nitrogen and oxygen atoms in total. The predicted octanol–water partition coefficient (Wildman–Crippen LogP) is 4.15. The van der Waals surface area contributed by atoms with Gasteiger partial charge in [-0.15, -0.1) is 11.6 Å². The van der Waals surface area contributed by atoms with Crippen LogP contribution in [0, 0.1) is 19.8 Å². The molecule has 2 atom stereocenters. The van der Waals surface area contributed by atoms with E-state index in [2.05, 4.69) is 44.3 Å². The molecule has 1 aliphatic carbocycles. The van der Waals surface area contributed by atoms with Gasteiger partial charge in [-0.25, -0.2) is 0 Å². The predicted molar refractivity (Wildman–Crippen MR) is 88.8 cm³/mol. The van der Waals surface area contributed by atoms with E-state index < -0.39 is 0 Å². The zero-order chi connectivity index (χ0) is 15.5. The van der Waals surface area contributed by atoms with Crippen LogP contribution in [0.3, 0.4) is 0 Å². The molecule has 0 radical (unpaired) electrons. The quantitative estimate of drug-likeness (QED) is 0.832. The zero-order valence-corrected chi connectivity index (χ0v) is 14.1. The highest BCUT2D eigenvalue weighted by molar-refractivity contribution is 6.18. The van der Waals surface area contributed by atoms with Crippen LogP contribution in [0.25, 0.3) is 0 Å². The van der Waals surface area contributed by atoms with Crippen molar-refractivity contribution in [2.75, 3.05) is 5.88 Å². The largest absolute Gasteiger partial charge is 0.349 e. The SMILES string of the molecule is Cc1ccc(C)c(CC(=O)NC2(CCl)CCCC(C)C2)c1. The number of carbonyl (C=O) groups is 1. The smallest absolute Gasteiger partial charge is 0.224 e. The number of carbonyl (C=O) groups excluding carboxylic acids is 1. The topological polar surface area (TPSA) is 29.1 Å². The van der Waals surface area contributed by atoms with Gasteiger partial charge in [-0.3, -0.25) is 4.79 Å². The fourth-order valence-electron chi connectivity index (χ4n) is 3.43. The van der Waals surface area contributed by atoms with Gasteiger partial charge in [0.2, 0.25) is 5.91 Å². The summed E-state index contributed by atoms with van der Waals surface area (Å²) in [6, 6.07) is 6.27. The summed E-state index contributed by atoms with van der Waals surface area (Å²) >= 11 is 6.19. The van der Waals surface area contributed by atoms with Gasteiger partial charge in [0.1, 0.15) is 0 Å². The molecular weight excluding hydrogens is 282 g/mol. The Kier molecular flexibility index (Phi) is 5.32. The van der Waals surface area contributed by atoms with E-state index in [4.69, 9.17) is 11.6 Å². The molecule has 1 aromatic rings. The van der Waals surface area contributed by atoms with Crippen molar-refractivity contribution >= 4 is 17.5 Å². The summed E-state index contributed by atoms with van der Waals surface area (Å²) in [4.78, 5) is 12.4. The van der Waals surface area contributed by atoms with Gasteiger partial charge in [0.25, 0.3) is 0 Å². The summed E-state index contributed by atoms with van der Waals surface area (Å²) in [5.41, 5.74) is 3.28. The van der Waals surface area contributed by atoms with Crippen LogP contribution in [-0.4, -0.2) is 17.3 Å². The first-order valence-corrected chi connectivity index (χ1v) is 8.41. The number of benzene rings is 1. The van der Waals surface area contributed by atoms with Crippen LogP contribution in [0.5, 0.6) is 0 Å². The van der Waals surface area contributed by atoms with Gasteiger partial charge in [0.05, 0.1) is 12.0 Å². The van der Waals surface area contributed by atoms with E-state index in [9.17, 15) is 4.79 Å². The van der Waals surface area contributed by atoms with Gasteiger partial charge >= 0.3 is 0 Å². The number of hydrogen-bond donors (Lipinski definition) is 1. The summed E-state index contributed by atoms with van der Waals surface area (Å²) in [6.07, 6.45) is 4.83. The fraction of sp³-hybridized carbons (Fsp3) is 0.611. The van der Waals surface area contributed by atoms with Crippen LogP contribution >= 0.6 is 11.6 Å². The Morgan fingerprint density at radius 3 is 2.86 bits per heavy atom. The summed E-state index contributed by atoms with van der Waals surface area (Å²) < 4.78 is 0. The van der Waals surface area contributed by atoms with Gasteiger partial charge in [-0.2, -0.15) is 0 Å². The third-order valence-electron chi connectivity index (χ3n) is 4.61. The molecule has 1 amide bonds. The van der Waals surface area contributed by atoms with Crippen molar-refractivity contribution in [2.45, 2.75) is 58.4 Å². The van der Waals surface area contributed by atoms with E-state index in [-0.39, 0.29) is 11.4 Å². The third kappa shape index (κ3) is 4.23. The summed E-state index contributed by atoms with van der Waals surface area (Å²) in [7, 11) is 0. The average molecular weight is 308 g/mol. The minimum Gasteiger partial charge on any atom is -0.349 e. The van der Waals surface area contributed by atoms with Gasteiger partial charge in [0.15, 0.2) is 0 Å².